The van der Waals surface area contributed by atoms with E-state index in [0.29, 0.717) is 37.8 Å². The second-order valence-electron chi connectivity index (χ2n) is 5.50. The van der Waals surface area contributed by atoms with Gasteiger partial charge in [0.25, 0.3) is 0 Å². The third-order valence-electron chi connectivity index (χ3n) is 3.68. The number of carbonyl (C=O) groups is 1. The largest absolute Gasteiger partial charge is 0.457 e. The summed E-state index contributed by atoms with van der Waals surface area (Å²) in [5.74, 6) is 0.854. The van der Waals surface area contributed by atoms with Crippen molar-refractivity contribution in [1.82, 2.24) is 10.6 Å². The molecule has 3 rings (SSSR count). The first-order valence-corrected chi connectivity index (χ1v) is 7.82. The Bertz CT molecular complexity index is 668. The Balaban J connectivity index is 1.50. The van der Waals surface area contributed by atoms with Crippen LogP contribution < -0.4 is 15.4 Å². The maximum Gasteiger partial charge on any atom is 0.239 e. The normalized spacial score (nSPS) is 17.3. The van der Waals surface area contributed by atoms with Crippen molar-refractivity contribution in [1.29, 1.82) is 0 Å². The van der Waals surface area contributed by atoms with Gasteiger partial charge in [0.2, 0.25) is 5.91 Å². The molecule has 2 aromatic carbocycles. The molecule has 5 nitrogen and oxygen atoms in total. The van der Waals surface area contributed by atoms with E-state index in [1.165, 1.54) is 12.1 Å². The first kappa shape index (κ1) is 16.4. The zero-order valence-corrected chi connectivity index (χ0v) is 13.1. The quantitative estimate of drug-likeness (QED) is 0.883. The van der Waals surface area contributed by atoms with Crippen molar-refractivity contribution >= 4 is 5.91 Å². The van der Waals surface area contributed by atoms with E-state index in [1.807, 2.05) is 24.3 Å². The summed E-state index contributed by atoms with van der Waals surface area (Å²) in [5, 5.41) is 5.99. The van der Waals surface area contributed by atoms with Crippen LogP contribution in [-0.4, -0.2) is 31.7 Å². The van der Waals surface area contributed by atoms with Crippen molar-refractivity contribution in [2.45, 2.75) is 12.6 Å². The van der Waals surface area contributed by atoms with E-state index < -0.39 is 0 Å². The number of halogens is 1. The summed E-state index contributed by atoms with van der Waals surface area (Å²) in [6.45, 7) is 2.16. The fourth-order valence-corrected chi connectivity index (χ4v) is 2.36. The Hall–Kier alpha value is -2.44. The molecule has 126 valence electrons. The minimum atomic E-state index is -0.300. The molecule has 1 atom stereocenters. The molecule has 0 aliphatic carbocycles. The summed E-state index contributed by atoms with van der Waals surface area (Å²) in [6, 6.07) is 12.9. The minimum absolute atomic E-state index is 0.0682. The molecule has 1 aliphatic heterocycles. The molecule has 1 fully saturated rings. The number of rotatable bonds is 5. The van der Waals surface area contributed by atoms with Gasteiger partial charge in [-0.15, -0.1) is 0 Å². The van der Waals surface area contributed by atoms with Gasteiger partial charge in [0, 0.05) is 13.1 Å². The van der Waals surface area contributed by atoms with E-state index in [9.17, 15) is 9.18 Å². The number of amides is 1. The fraction of sp³-hybridized carbons (Fsp3) is 0.278. The highest BCUT2D eigenvalue weighted by Crippen LogP contribution is 2.21. The van der Waals surface area contributed by atoms with Gasteiger partial charge in [-0.2, -0.15) is 0 Å². The third kappa shape index (κ3) is 4.53. The predicted octanol–water partition coefficient (Wildman–Crippen LogP) is 2.22. The molecule has 1 aliphatic rings. The van der Waals surface area contributed by atoms with Gasteiger partial charge in [-0.25, -0.2) is 4.39 Å². The van der Waals surface area contributed by atoms with E-state index in [2.05, 4.69) is 10.6 Å². The van der Waals surface area contributed by atoms with Crippen molar-refractivity contribution in [3.05, 3.63) is 59.9 Å². The smallest absolute Gasteiger partial charge is 0.239 e. The van der Waals surface area contributed by atoms with Crippen LogP contribution in [0.4, 0.5) is 4.39 Å². The topological polar surface area (TPSA) is 59.6 Å². The molecule has 1 heterocycles. The van der Waals surface area contributed by atoms with Crippen molar-refractivity contribution in [2.24, 2.45) is 0 Å². The lowest BCUT2D eigenvalue weighted by Gasteiger charge is -2.22. The molecule has 0 radical (unpaired) electrons. The molecule has 0 saturated carbocycles. The lowest BCUT2D eigenvalue weighted by molar-refractivity contribution is -0.126. The summed E-state index contributed by atoms with van der Waals surface area (Å²) < 4.78 is 23.8. The molecule has 2 N–H and O–H groups in total. The van der Waals surface area contributed by atoms with Crippen LogP contribution in [0.25, 0.3) is 0 Å². The van der Waals surface area contributed by atoms with Gasteiger partial charge in [-0.05, 0) is 42.0 Å². The van der Waals surface area contributed by atoms with Crippen LogP contribution in [0.15, 0.2) is 48.5 Å². The SMILES string of the molecule is O=C(NCc1ccc(Oc2ccc(F)cc2)cc1)[C@@H]1COCCN1. The van der Waals surface area contributed by atoms with Crippen molar-refractivity contribution < 1.29 is 18.7 Å². The lowest BCUT2D eigenvalue weighted by atomic mass is 10.2. The average molecular weight is 330 g/mol. The number of hydrogen-bond donors (Lipinski definition) is 2. The number of nitrogens with one attached hydrogen (secondary N) is 2. The molecule has 6 heteroatoms. The zero-order valence-electron chi connectivity index (χ0n) is 13.1. The van der Waals surface area contributed by atoms with Gasteiger partial charge < -0.3 is 20.1 Å². The molecule has 0 unspecified atom stereocenters. The van der Waals surface area contributed by atoms with Gasteiger partial charge in [0.15, 0.2) is 0 Å². The van der Waals surface area contributed by atoms with E-state index in [0.717, 1.165) is 5.56 Å². The molecule has 24 heavy (non-hydrogen) atoms. The van der Waals surface area contributed by atoms with Crippen LogP contribution in [0.3, 0.4) is 0 Å². The maximum atomic E-state index is 12.9. The molecule has 2 aromatic rings. The number of hydrogen-bond acceptors (Lipinski definition) is 4. The highest BCUT2D eigenvalue weighted by Gasteiger charge is 2.20. The Morgan fingerprint density at radius 1 is 1.17 bits per heavy atom. The summed E-state index contributed by atoms with van der Waals surface area (Å²) in [5.41, 5.74) is 0.964. The van der Waals surface area contributed by atoms with Crippen LogP contribution in [0, 0.1) is 5.82 Å². The molecule has 0 spiro atoms. The van der Waals surface area contributed by atoms with Gasteiger partial charge in [-0.1, -0.05) is 12.1 Å². The van der Waals surface area contributed by atoms with Gasteiger partial charge in [-0.3, -0.25) is 4.79 Å². The Kier molecular flexibility index (Phi) is 5.40. The Morgan fingerprint density at radius 2 is 1.83 bits per heavy atom. The maximum absolute atomic E-state index is 12.9. The third-order valence-corrected chi connectivity index (χ3v) is 3.68. The second kappa shape index (κ2) is 7.90. The van der Waals surface area contributed by atoms with Crippen LogP contribution in [0.1, 0.15) is 5.56 Å². The average Bonchev–Trinajstić information content (AvgIpc) is 2.63. The highest BCUT2D eigenvalue weighted by molar-refractivity contribution is 5.81. The molecular weight excluding hydrogens is 311 g/mol. The number of benzene rings is 2. The number of morpholine rings is 1. The van der Waals surface area contributed by atoms with Crippen LogP contribution in [-0.2, 0) is 16.1 Å². The van der Waals surface area contributed by atoms with Crippen LogP contribution in [0.5, 0.6) is 11.5 Å². The van der Waals surface area contributed by atoms with Gasteiger partial charge >= 0.3 is 0 Å². The van der Waals surface area contributed by atoms with Gasteiger partial charge in [0.05, 0.1) is 13.2 Å². The Labute approximate surface area is 139 Å². The summed E-state index contributed by atoms with van der Waals surface area (Å²) >= 11 is 0. The molecule has 1 saturated heterocycles. The number of carbonyl (C=O) groups excluding carboxylic acids is 1. The molecule has 0 bridgehead atoms. The summed E-state index contributed by atoms with van der Waals surface area (Å²) in [7, 11) is 0. The predicted molar refractivity (Wildman–Crippen MR) is 87.4 cm³/mol. The van der Waals surface area contributed by atoms with Crippen LogP contribution >= 0.6 is 0 Å². The van der Waals surface area contributed by atoms with E-state index >= 15 is 0 Å². The van der Waals surface area contributed by atoms with E-state index in [1.54, 1.807) is 12.1 Å². The number of ether oxygens (including phenoxy) is 2. The van der Waals surface area contributed by atoms with E-state index in [4.69, 9.17) is 9.47 Å². The zero-order chi connectivity index (χ0) is 16.8. The lowest BCUT2D eigenvalue weighted by Crippen LogP contribution is -2.51. The van der Waals surface area contributed by atoms with Crippen molar-refractivity contribution in [3.8, 4) is 11.5 Å². The summed E-state index contributed by atoms with van der Waals surface area (Å²) in [6.07, 6.45) is 0. The summed E-state index contributed by atoms with van der Waals surface area (Å²) in [4.78, 5) is 12.0. The Morgan fingerprint density at radius 3 is 2.46 bits per heavy atom. The monoisotopic (exact) mass is 330 g/mol. The molecule has 1 amide bonds. The first-order chi connectivity index (χ1) is 11.7. The van der Waals surface area contributed by atoms with Gasteiger partial charge in [0.1, 0.15) is 23.4 Å². The molecular formula is C18H19FN2O3. The van der Waals surface area contributed by atoms with E-state index in [-0.39, 0.29) is 17.8 Å². The van der Waals surface area contributed by atoms with Crippen molar-refractivity contribution in [2.75, 3.05) is 19.8 Å². The fourth-order valence-electron chi connectivity index (χ4n) is 2.36. The first-order valence-electron chi connectivity index (χ1n) is 7.82. The van der Waals surface area contributed by atoms with Crippen molar-refractivity contribution in [3.63, 3.8) is 0 Å². The second-order valence-corrected chi connectivity index (χ2v) is 5.50. The standard InChI is InChI=1S/C18H19FN2O3/c19-14-3-7-16(8-4-14)24-15-5-1-13(2-6-15)11-21-18(22)17-12-23-10-9-20-17/h1-8,17,20H,9-12H2,(H,21,22)/t17-/m0/s1. The van der Waals surface area contributed by atoms with Crippen LogP contribution in [0.2, 0.25) is 0 Å². The minimum Gasteiger partial charge on any atom is -0.457 e. The molecule has 0 aromatic heterocycles. The highest BCUT2D eigenvalue weighted by atomic mass is 19.1.